The third-order valence-electron chi connectivity index (χ3n) is 4.92. The van der Waals surface area contributed by atoms with Crippen LogP contribution in [0.3, 0.4) is 0 Å². The number of benzene rings is 2. The van der Waals surface area contributed by atoms with Gasteiger partial charge in [-0.25, -0.2) is 4.99 Å². The van der Waals surface area contributed by atoms with Crippen LogP contribution in [0.25, 0.3) is 6.08 Å². The SMILES string of the molecule is COc1ccc(C=C2N=C(c3ccccc3)N(NC(=O)c3ccoc3C)C2=O)cc1OC. The lowest BCUT2D eigenvalue weighted by atomic mass is 10.1. The Hall–Kier alpha value is -4.33. The number of hydrogen-bond donors (Lipinski definition) is 1. The van der Waals surface area contributed by atoms with Crippen LogP contribution in [0.4, 0.5) is 0 Å². The molecule has 0 unspecified atom stereocenters. The number of ether oxygens (including phenoxy) is 2. The van der Waals surface area contributed by atoms with Crippen molar-refractivity contribution in [3.63, 3.8) is 0 Å². The molecular formula is C24H21N3O5. The predicted octanol–water partition coefficient (Wildman–Crippen LogP) is 3.58. The maximum atomic E-state index is 13.2. The van der Waals surface area contributed by atoms with Gasteiger partial charge in [-0.05, 0) is 36.8 Å². The highest BCUT2D eigenvalue weighted by Gasteiger charge is 2.33. The molecule has 2 aromatic carbocycles. The number of furan rings is 1. The molecule has 3 aromatic rings. The zero-order chi connectivity index (χ0) is 22.7. The molecular weight excluding hydrogens is 410 g/mol. The molecule has 0 spiro atoms. The summed E-state index contributed by atoms with van der Waals surface area (Å²) in [5.74, 6) is 0.935. The number of carbonyl (C=O) groups excluding carboxylic acids is 2. The van der Waals surface area contributed by atoms with E-state index in [2.05, 4.69) is 10.4 Å². The van der Waals surface area contributed by atoms with Gasteiger partial charge in [0, 0.05) is 5.56 Å². The monoisotopic (exact) mass is 431 g/mol. The van der Waals surface area contributed by atoms with E-state index in [4.69, 9.17) is 13.9 Å². The first-order valence-electron chi connectivity index (χ1n) is 9.79. The number of methoxy groups -OCH3 is 2. The van der Waals surface area contributed by atoms with Crippen molar-refractivity contribution >= 4 is 23.7 Å². The molecule has 0 aliphatic carbocycles. The zero-order valence-electron chi connectivity index (χ0n) is 17.8. The Kier molecular flexibility index (Phi) is 5.76. The smallest absolute Gasteiger partial charge is 0.297 e. The number of nitrogens with zero attached hydrogens (tertiary/aromatic N) is 2. The highest BCUT2D eigenvalue weighted by Crippen LogP contribution is 2.29. The minimum absolute atomic E-state index is 0.167. The van der Waals surface area contributed by atoms with Gasteiger partial charge in [0.25, 0.3) is 11.8 Å². The molecule has 0 atom stereocenters. The van der Waals surface area contributed by atoms with Crippen LogP contribution in [-0.2, 0) is 4.79 Å². The van der Waals surface area contributed by atoms with Gasteiger partial charge >= 0.3 is 0 Å². The van der Waals surface area contributed by atoms with Crippen molar-refractivity contribution < 1.29 is 23.5 Å². The van der Waals surface area contributed by atoms with Gasteiger partial charge in [-0.2, -0.15) is 5.01 Å². The third kappa shape index (κ3) is 3.98. The zero-order valence-corrected chi connectivity index (χ0v) is 17.8. The Bertz CT molecular complexity index is 1230. The Labute approximate surface area is 184 Å². The van der Waals surface area contributed by atoms with E-state index in [9.17, 15) is 9.59 Å². The summed E-state index contributed by atoms with van der Waals surface area (Å²) >= 11 is 0. The number of aryl methyl sites for hydroxylation is 1. The van der Waals surface area contributed by atoms with Gasteiger partial charge in [0.2, 0.25) is 0 Å². The van der Waals surface area contributed by atoms with Crippen molar-refractivity contribution in [2.45, 2.75) is 6.92 Å². The van der Waals surface area contributed by atoms with Gasteiger partial charge < -0.3 is 13.9 Å². The molecule has 1 N–H and O–H groups in total. The quantitative estimate of drug-likeness (QED) is 0.602. The molecule has 0 saturated carbocycles. The van der Waals surface area contributed by atoms with Crippen LogP contribution in [0.5, 0.6) is 11.5 Å². The molecule has 1 aliphatic rings. The molecule has 32 heavy (non-hydrogen) atoms. The van der Waals surface area contributed by atoms with Crippen LogP contribution in [0.15, 0.2) is 76.0 Å². The maximum absolute atomic E-state index is 13.2. The molecule has 0 radical (unpaired) electrons. The number of amides is 2. The standard InChI is InChI=1S/C24H21N3O5/c1-15-18(11-12-32-15)23(28)26-27-22(17-7-5-4-6-8-17)25-19(24(27)29)13-16-9-10-20(30-2)21(14-16)31-3/h4-14H,1-3H3,(H,26,28). The van der Waals surface area contributed by atoms with Crippen LogP contribution in [0.1, 0.15) is 27.2 Å². The first-order valence-corrected chi connectivity index (χ1v) is 9.79. The van der Waals surface area contributed by atoms with Crippen molar-refractivity contribution in [1.82, 2.24) is 10.4 Å². The first kappa shape index (κ1) is 20.9. The number of carbonyl (C=O) groups is 2. The summed E-state index contributed by atoms with van der Waals surface area (Å²) in [5, 5.41) is 1.15. The molecule has 162 valence electrons. The lowest BCUT2D eigenvalue weighted by molar-refractivity contribution is -0.124. The summed E-state index contributed by atoms with van der Waals surface area (Å²) < 4.78 is 15.8. The minimum atomic E-state index is -0.472. The molecule has 0 saturated heterocycles. The Balaban J connectivity index is 1.71. The molecule has 4 rings (SSSR count). The van der Waals surface area contributed by atoms with Gasteiger partial charge in [0.15, 0.2) is 17.3 Å². The summed E-state index contributed by atoms with van der Waals surface area (Å²) in [6.07, 6.45) is 3.05. The Morgan fingerprint density at radius 3 is 2.47 bits per heavy atom. The average molecular weight is 431 g/mol. The normalized spacial score (nSPS) is 14.5. The first-order chi connectivity index (χ1) is 15.5. The van der Waals surface area contributed by atoms with Crippen LogP contribution < -0.4 is 14.9 Å². The fraction of sp³-hybridized carbons (Fsp3) is 0.125. The second-order valence-corrected chi connectivity index (χ2v) is 6.92. The van der Waals surface area contributed by atoms with E-state index in [1.54, 1.807) is 44.4 Å². The average Bonchev–Trinajstić information content (AvgIpc) is 3.38. The fourth-order valence-corrected chi connectivity index (χ4v) is 3.28. The molecule has 8 nitrogen and oxygen atoms in total. The second kappa shape index (κ2) is 8.81. The number of nitrogens with one attached hydrogen (secondary N) is 1. The van der Waals surface area contributed by atoms with E-state index in [1.807, 2.05) is 30.3 Å². The maximum Gasteiger partial charge on any atom is 0.297 e. The Morgan fingerprint density at radius 1 is 1.06 bits per heavy atom. The Morgan fingerprint density at radius 2 is 1.81 bits per heavy atom. The summed E-state index contributed by atoms with van der Waals surface area (Å²) in [5.41, 5.74) is 4.52. The van der Waals surface area contributed by atoms with Crippen molar-refractivity contribution in [3.05, 3.63) is 89.0 Å². The topological polar surface area (TPSA) is 93.4 Å². The summed E-state index contributed by atoms with van der Waals surface area (Å²) in [4.78, 5) is 30.5. The van der Waals surface area contributed by atoms with Crippen LogP contribution >= 0.6 is 0 Å². The molecule has 1 aromatic heterocycles. The van der Waals surface area contributed by atoms with Crippen LogP contribution in [-0.4, -0.2) is 36.9 Å². The molecule has 2 amide bonds. The van der Waals surface area contributed by atoms with Gasteiger partial charge in [0.05, 0.1) is 26.0 Å². The lowest BCUT2D eigenvalue weighted by Gasteiger charge is -2.19. The predicted molar refractivity (Wildman–Crippen MR) is 118 cm³/mol. The minimum Gasteiger partial charge on any atom is -0.493 e. The van der Waals surface area contributed by atoms with Crippen molar-refractivity contribution in [2.24, 2.45) is 4.99 Å². The number of amidine groups is 1. The van der Waals surface area contributed by atoms with E-state index in [0.717, 1.165) is 5.01 Å². The fourth-order valence-electron chi connectivity index (χ4n) is 3.28. The van der Waals surface area contributed by atoms with Crippen molar-refractivity contribution in [2.75, 3.05) is 14.2 Å². The number of rotatable bonds is 6. The van der Waals surface area contributed by atoms with Crippen molar-refractivity contribution in [3.8, 4) is 11.5 Å². The van der Waals surface area contributed by atoms with Crippen LogP contribution in [0.2, 0.25) is 0 Å². The molecule has 2 heterocycles. The second-order valence-electron chi connectivity index (χ2n) is 6.92. The van der Waals surface area contributed by atoms with E-state index in [-0.39, 0.29) is 5.70 Å². The van der Waals surface area contributed by atoms with Gasteiger partial charge in [-0.3, -0.25) is 15.0 Å². The van der Waals surface area contributed by atoms with Crippen LogP contribution in [0, 0.1) is 6.92 Å². The van der Waals surface area contributed by atoms with Gasteiger partial charge in [-0.1, -0.05) is 36.4 Å². The molecule has 1 aliphatic heterocycles. The van der Waals surface area contributed by atoms with E-state index < -0.39 is 11.8 Å². The lowest BCUT2D eigenvalue weighted by Crippen LogP contribution is -2.47. The highest BCUT2D eigenvalue weighted by atomic mass is 16.5. The molecule has 0 bridgehead atoms. The van der Waals surface area contributed by atoms with E-state index in [1.165, 1.54) is 13.4 Å². The highest BCUT2D eigenvalue weighted by molar-refractivity contribution is 6.20. The van der Waals surface area contributed by atoms with E-state index >= 15 is 0 Å². The summed E-state index contributed by atoms with van der Waals surface area (Å²) in [7, 11) is 3.09. The van der Waals surface area contributed by atoms with Gasteiger partial charge in [0.1, 0.15) is 11.5 Å². The third-order valence-corrected chi connectivity index (χ3v) is 4.92. The van der Waals surface area contributed by atoms with E-state index in [0.29, 0.717) is 39.8 Å². The number of hydrazine groups is 1. The molecule has 8 heteroatoms. The number of aliphatic imine (C=N–C) groups is 1. The summed E-state index contributed by atoms with van der Waals surface area (Å²) in [6.45, 7) is 1.68. The molecule has 0 fully saturated rings. The number of hydrogen-bond acceptors (Lipinski definition) is 6. The largest absolute Gasteiger partial charge is 0.493 e. The van der Waals surface area contributed by atoms with Gasteiger partial charge in [-0.15, -0.1) is 0 Å². The summed E-state index contributed by atoms with van der Waals surface area (Å²) in [6, 6.07) is 16.0. The van der Waals surface area contributed by atoms with Crippen molar-refractivity contribution in [1.29, 1.82) is 0 Å².